The van der Waals surface area contributed by atoms with Crippen LogP contribution in [0.4, 0.5) is 13.2 Å². The van der Waals surface area contributed by atoms with Gasteiger partial charge in [0.25, 0.3) is 0 Å². The summed E-state index contributed by atoms with van der Waals surface area (Å²) in [6.07, 6.45) is -1.38. The molecule has 0 bridgehead atoms. The fourth-order valence-electron chi connectivity index (χ4n) is 3.31. The maximum Gasteiger partial charge on any atom is 0.489 e. The van der Waals surface area contributed by atoms with E-state index in [-0.39, 0.29) is 27.5 Å². The maximum atomic E-state index is 13.6. The first kappa shape index (κ1) is 18.0. The Balaban J connectivity index is 2.32. The Morgan fingerprint density at radius 3 is 2.64 bits per heavy atom. The number of aromatic nitrogens is 2. The van der Waals surface area contributed by atoms with Crippen molar-refractivity contribution in [2.24, 2.45) is 0 Å². The van der Waals surface area contributed by atoms with Crippen molar-refractivity contribution in [2.75, 3.05) is 6.61 Å². The monoisotopic (exact) mass is 354 g/mol. The first-order valence-electron chi connectivity index (χ1n) is 7.96. The van der Waals surface area contributed by atoms with E-state index in [1.54, 1.807) is 0 Å². The molecule has 1 fully saturated rings. The smallest absolute Gasteiger partial charge is 0.423 e. The number of allylic oxidation sites excluding steroid dienone is 1. The first-order valence-corrected chi connectivity index (χ1v) is 7.96. The van der Waals surface area contributed by atoms with Crippen LogP contribution in [-0.2, 0) is 10.9 Å². The number of benzene rings is 1. The molecule has 25 heavy (non-hydrogen) atoms. The molecule has 1 aliphatic rings. The number of hydrogen-bond donors (Lipinski definition) is 2. The molecule has 0 radical (unpaired) electrons. The van der Waals surface area contributed by atoms with E-state index in [9.17, 15) is 23.2 Å². The van der Waals surface area contributed by atoms with Crippen LogP contribution in [-0.4, -0.2) is 33.6 Å². The van der Waals surface area contributed by atoms with Crippen molar-refractivity contribution >= 4 is 29.1 Å². The Labute approximate surface area is 142 Å². The Bertz CT molecular complexity index is 811. The Kier molecular flexibility index (Phi) is 4.65. The van der Waals surface area contributed by atoms with Crippen LogP contribution >= 0.6 is 0 Å². The summed E-state index contributed by atoms with van der Waals surface area (Å²) in [7, 11) is -2.08. The molecule has 1 atom stereocenters. The Morgan fingerprint density at radius 2 is 2.12 bits per heavy atom. The van der Waals surface area contributed by atoms with Crippen molar-refractivity contribution < 1.29 is 28.0 Å². The highest BCUT2D eigenvalue weighted by molar-refractivity contribution is 6.63. The highest BCUT2D eigenvalue weighted by Crippen LogP contribution is 2.37. The van der Waals surface area contributed by atoms with Gasteiger partial charge in [0, 0.05) is 17.5 Å². The highest BCUT2D eigenvalue weighted by atomic mass is 19.4. The molecular weight excluding hydrogens is 336 g/mol. The molecule has 0 spiro atoms. The van der Waals surface area contributed by atoms with Gasteiger partial charge in [-0.15, -0.1) is 0 Å². The third kappa shape index (κ3) is 3.19. The molecule has 9 heteroatoms. The molecule has 0 amide bonds. The second kappa shape index (κ2) is 6.47. The lowest BCUT2D eigenvalue weighted by molar-refractivity contribution is -0.137. The summed E-state index contributed by atoms with van der Waals surface area (Å²) < 4.78 is 47.8. The first-order chi connectivity index (χ1) is 11.7. The van der Waals surface area contributed by atoms with Gasteiger partial charge >= 0.3 is 13.3 Å². The van der Waals surface area contributed by atoms with Crippen molar-refractivity contribution in [2.45, 2.75) is 38.6 Å². The number of halogens is 3. The average molecular weight is 354 g/mol. The van der Waals surface area contributed by atoms with Crippen molar-refractivity contribution in [1.82, 2.24) is 9.78 Å². The van der Waals surface area contributed by atoms with Crippen LogP contribution < -0.4 is 5.46 Å². The highest BCUT2D eigenvalue weighted by Gasteiger charge is 2.38. The molecule has 1 aromatic carbocycles. The van der Waals surface area contributed by atoms with E-state index in [0.717, 1.165) is 18.9 Å². The molecule has 3 rings (SSSR count). The van der Waals surface area contributed by atoms with E-state index in [1.807, 2.05) is 0 Å². The normalized spacial score (nSPS) is 18.6. The average Bonchev–Trinajstić information content (AvgIpc) is 2.96. The molecule has 1 unspecified atom stereocenters. The van der Waals surface area contributed by atoms with Gasteiger partial charge in [0.05, 0.1) is 17.3 Å². The van der Waals surface area contributed by atoms with Gasteiger partial charge in [0.15, 0.2) is 6.23 Å². The zero-order valence-electron chi connectivity index (χ0n) is 13.7. The third-order valence-electron chi connectivity index (χ3n) is 4.36. The Hall–Kier alpha value is -1.84. The number of hydrogen-bond acceptors (Lipinski definition) is 4. The van der Waals surface area contributed by atoms with Gasteiger partial charge in [0.1, 0.15) is 0 Å². The maximum absolute atomic E-state index is 13.6. The molecule has 0 saturated carbocycles. The van der Waals surface area contributed by atoms with Gasteiger partial charge in [-0.25, -0.2) is 4.68 Å². The largest absolute Gasteiger partial charge is 0.489 e. The predicted octanol–water partition coefficient (Wildman–Crippen LogP) is 2.47. The second-order valence-electron chi connectivity index (χ2n) is 6.21. The van der Waals surface area contributed by atoms with Gasteiger partial charge in [-0.05, 0) is 37.8 Å². The van der Waals surface area contributed by atoms with Crippen molar-refractivity contribution in [3.63, 3.8) is 0 Å². The zero-order valence-corrected chi connectivity index (χ0v) is 13.7. The van der Waals surface area contributed by atoms with E-state index in [2.05, 4.69) is 11.7 Å². The summed E-state index contributed by atoms with van der Waals surface area (Å²) in [6.45, 7) is 5.48. The number of alkyl halides is 3. The van der Waals surface area contributed by atoms with Gasteiger partial charge in [0.2, 0.25) is 0 Å². The van der Waals surface area contributed by atoms with Gasteiger partial charge in [-0.3, -0.25) is 0 Å². The number of ether oxygens (including phenoxy) is 1. The summed E-state index contributed by atoms with van der Waals surface area (Å²) in [4.78, 5) is 0. The van der Waals surface area contributed by atoms with Crippen LogP contribution in [0.25, 0.3) is 16.5 Å². The minimum atomic E-state index is -4.67. The van der Waals surface area contributed by atoms with E-state index in [0.29, 0.717) is 13.0 Å². The number of rotatable bonds is 3. The number of nitrogens with zero attached hydrogens (tertiary/aromatic N) is 2. The molecule has 2 heterocycles. The van der Waals surface area contributed by atoms with Crippen LogP contribution in [0.3, 0.4) is 0 Å². The van der Waals surface area contributed by atoms with Gasteiger partial charge < -0.3 is 14.8 Å². The summed E-state index contributed by atoms with van der Waals surface area (Å²) >= 11 is 0. The quantitative estimate of drug-likeness (QED) is 0.831. The second-order valence-corrected chi connectivity index (χ2v) is 6.21. The molecule has 1 aliphatic heterocycles. The lowest BCUT2D eigenvalue weighted by Gasteiger charge is -2.24. The molecule has 2 N–H and O–H groups in total. The fourth-order valence-corrected chi connectivity index (χ4v) is 3.31. The summed E-state index contributed by atoms with van der Waals surface area (Å²) in [5, 5.41) is 23.9. The van der Waals surface area contributed by atoms with Gasteiger partial charge in [-0.1, -0.05) is 12.2 Å². The fraction of sp³-hybridized carbons (Fsp3) is 0.438. The van der Waals surface area contributed by atoms with Crippen LogP contribution in [0.2, 0.25) is 0 Å². The van der Waals surface area contributed by atoms with Crippen molar-refractivity contribution in [1.29, 1.82) is 0 Å². The minimum absolute atomic E-state index is 0.0963. The van der Waals surface area contributed by atoms with Crippen LogP contribution in [0.5, 0.6) is 0 Å². The molecule has 1 saturated heterocycles. The van der Waals surface area contributed by atoms with Crippen LogP contribution in [0, 0.1) is 0 Å². The van der Waals surface area contributed by atoms with E-state index in [1.165, 1.54) is 17.8 Å². The van der Waals surface area contributed by atoms with Crippen LogP contribution in [0.1, 0.15) is 43.5 Å². The van der Waals surface area contributed by atoms with E-state index < -0.39 is 25.1 Å². The van der Waals surface area contributed by atoms with E-state index in [4.69, 9.17) is 4.74 Å². The third-order valence-corrected chi connectivity index (χ3v) is 4.36. The molecule has 134 valence electrons. The van der Waals surface area contributed by atoms with Crippen LogP contribution in [0.15, 0.2) is 18.8 Å². The summed E-state index contributed by atoms with van der Waals surface area (Å²) in [5.41, 5.74) is -1.25. The molecule has 5 nitrogen and oxygen atoms in total. The Morgan fingerprint density at radius 1 is 1.40 bits per heavy atom. The van der Waals surface area contributed by atoms with E-state index >= 15 is 0 Å². The standard InChI is InChI=1S/C16H18BF3N2O3/c1-9(2)14-11(16(18,19)20)7-12-10(15(14)17(23)24)8-21-22(12)13-5-3-4-6-25-13/h7-8,13,23-24H,1,3-6H2,2H3. The molecule has 0 aliphatic carbocycles. The van der Waals surface area contributed by atoms with Gasteiger partial charge in [-0.2, -0.15) is 18.3 Å². The summed E-state index contributed by atoms with van der Waals surface area (Å²) in [6, 6.07) is 0.982. The molecule has 2 aromatic rings. The van der Waals surface area contributed by atoms with Crippen molar-refractivity contribution in [3.8, 4) is 0 Å². The topological polar surface area (TPSA) is 67.5 Å². The lowest BCUT2D eigenvalue weighted by Crippen LogP contribution is -2.35. The lowest BCUT2D eigenvalue weighted by atomic mass is 9.72. The number of fused-ring (bicyclic) bond motifs is 1. The predicted molar refractivity (Wildman–Crippen MR) is 88.1 cm³/mol. The zero-order chi connectivity index (χ0) is 18.4. The molecule has 1 aromatic heterocycles. The SMILES string of the molecule is C=C(C)c1c(C(F)(F)F)cc2c(cnn2C2CCCCO2)c1B(O)O. The summed E-state index contributed by atoms with van der Waals surface area (Å²) in [5.74, 6) is 0. The molecular formula is C16H18BF3N2O3. The minimum Gasteiger partial charge on any atom is -0.423 e. The van der Waals surface area contributed by atoms with Crippen molar-refractivity contribution in [3.05, 3.63) is 30.0 Å².